The van der Waals surface area contributed by atoms with Crippen molar-refractivity contribution in [2.75, 3.05) is 50.1 Å². The van der Waals surface area contributed by atoms with Crippen molar-refractivity contribution in [1.82, 2.24) is 14.1 Å². The number of carbonyl (C=O) groups excluding carboxylic acids is 1. The summed E-state index contributed by atoms with van der Waals surface area (Å²) >= 11 is 0. The first-order valence-corrected chi connectivity index (χ1v) is 9.45. The molecule has 0 aliphatic carbocycles. The molecule has 2 aliphatic rings. The van der Waals surface area contributed by atoms with Crippen LogP contribution in [0.1, 0.15) is 6.92 Å². The number of rotatable bonds is 3. The van der Waals surface area contributed by atoms with Gasteiger partial charge in [-0.1, -0.05) is 0 Å². The minimum atomic E-state index is -3.36. The summed E-state index contributed by atoms with van der Waals surface area (Å²) in [6.45, 7) is 2.75. The van der Waals surface area contributed by atoms with Crippen molar-refractivity contribution >= 4 is 21.6 Å². The number of nitrogens with zero attached hydrogens (tertiary/aromatic N) is 4. The summed E-state index contributed by atoms with van der Waals surface area (Å²) in [6, 6.07) is 0. The monoisotopic (exact) mass is 358 g/mol. The molecule has 0 N–H and O–H groups in total. The Kier molecular flexibility index (Phi) is 4.65. The van der Waals surface area contributed by atoms with Gasteiger partial charge in [-0.15, -0.1) is 0 Å². The molecule has 1 amide bonds. The lowest BCUT2D eigenvalue weighted by Gasteiger charge is -2.42. The van der Waals surface area contributed by atoms with E-state index in [1.54, 1.807) is 35.9 Å². The second-order valence-corrected chi connectivity index (χ2v) is 8.37. The van der Waals surface area contributed by atoms with E-state index in [0.29, 0.717) is 18.8 Å². The molecular formula is C14H22N4O5S. The molecule has 1 aromatic rings. The van der Waals surface area contributed by atoms with Crippen molar-refractivity contribution in [1.29, 1.82) is 0 Å². The molecule has 9 nitrogen and oxygen atoms in total. The van der Waals surface area contributed by atoms with E-state index >= 15 is 0 Å². The fourth-order valence-electron chi connectivity index (χ4n) is 2.97. The molecule has 0 saturated carbocycles. The van der Waals surface area contributed by atoms with Crippen LogP contribution in [0, 0.1) is 0 Å². The summed E-state index contributed by atoms with van der Waals surface area (Å²) in [5.41, 5.74) is -0.206. The first-order valence-electron chi connectivity index (χ1n) is 7.84. The number of amides is 1. The van der Waals surface area contributed by atoms with Crippen LogP contribution in [0.4, 0.5) is 5.69 Å². The third kappa shape index (κ3) is 3.32. The van der Waals surface area contributed by atoms with Gasteiger partial charge in [0, 0.05) is 26.3 Å². The van der Waals surface area contributed by atoms with E-state index in [1.807, 2.05) is 0 Å². The van der Waals surface area contributed by atoms with Gasteiger partial charge in [0.2, 0.25) is 10.0 Å². The summed E-state index contributed by atoms with van der Waals surface area (Å²) in [5.74, 6) is -0.156. The van der Waals surface area contributed by atoms with Gasteiger partial charge in [-0.25, -0.2) is 8.42 Å². The molecule has 2 aliphatic heterocycles. The van der Waals surface area contributed by atoms with Gasteiger partial charge in [-0.3, -0.25) is 9.48 Å². The number of anilines is 1. The first kappa shape index (κ1) is 17.3. The largest absolute Gasteiger partial charge is 0.377 e. The number of morpholine rings is 1. The van der Waals surface area contributed by atoms with E-state index in [4.69, 9.17) is 9.47 Å². The van der Waals surface area contributed by atoms with Crippen LogP contribution in [-0.4, -0.2) is 79.2 Å². The number of carbonyl (C=O) groups is 1. The SMILES string of the molecule is CCS(=O)(=O)N1CCOC[C@@]2(CN(c3cnn(C)c3)C(=O)CO2)C1. The van der Waals surface area contributed by atoms with Crippen molar-refractivity contribution in [3.05, 3.63) is 12.4 Å². The summed E-state index contributed by atoms with van der Waals surface area (Å²) < 4.78 is 38.9. The highest BCUT2D eigenvalue weighted by Gasteiger charge is 2.45. The van der Waals surface area contributed by atoms with Gasteiger partial charge in [0.15, 0.2) is 0 Å². The van der Waals surface area contributed by atoms with Crippen LogP contribution in [0.5, 0.6) is 0 Å². The molecule has 134 valence electrons. The van der Waals surface area contributed by atoms with Gasteiger partial charge in [0.05, 0.1) is 37.4 Å². The molecule has 1 atom stereocenters. The number of aryl methyl sites for hydroxylation is 1. The van der Waals surface area contributed by atoms with Crippen LogP contribution in [0.2, 0.25) is 0 Å². The van der Waals surface area contributed by atoms with Crippen molar-refractivity contribution in [3.63, 3.8) is 0 Å². The Balaban J connectivity index is 1.86. The van der Waals surface area contributed by atoms with Crippen molar-refractivity contribution < 1.29 is 22.7 Å². The van der Waals surface area contributed by atoms with E-state index in [0.717, 1.165) is 0 Å². The smallest absolute Gasteiger partial charge is 0.253 e. The number of hydrogen-bond donors (Lipinski definition) is 0. The lowest BCUT2D eigenvalue weighted by Crippen LogP contribution is -2.61. The minimum Gasteiger partial charge on any atom is -0.377 e. The van der Waals surface area contributed by atoms with Crippen molar-refractivity contribution in [3.8, 4) is 0 Å². The zero-order chi connectivity index (χ0) is 17.4. The molecular weight excluding hydrogens is 336 g/mol. The molecule has 0 unspecified atom stereocenters. The van der Waals surface area contributed by atoms with E-state index < -0.39 is 15.6 Å². The third-order valence-corrected chi connectivity index (χ3v) is 6.15. The van der Waals surface area contributed by atoms with E-state index in [1.165, 1.54) is 4.31 Å². The lowest BCUT2D eigenvalue weighted by molar-refractivity contribution is -0.145. The maximum atomic E-state index is 12.3. The lowest BCUT2D eigenvalue weighted by atomic mass is 10.0. The highest BCUT2D eigenvalue weighted by Crippen LogP contribution is 2.27. The average molecular weight is 358 g/mol. The molecule has 0 radical (unpaired) electrons. The van der Waals surface area contributed by atoms with Gasteiger partial charge in [-0.05, 0) is 6.92 Å². The number of aromatic nitrogens is 2. The van der Waals surface area contributed by atoms with Crippen LogP contribution in [0.25, 0.3) is 0 Å². The first-order chi connectivity index (χ1) is 11.4. The highest BCUT2D eigenvalue weighted by atomic mass is 32.2. The topological polar surface area (TPSA) is 94.0 Å². The average Bonchev–Trinajstić information content (AvgIpc) is 2.87. The zero-order valence-electron chi connectivity index (χ0n) is 13.8. The normalized spacial score (nSPS) is 26.8. The summed E-state index contributed by atoms with van der Waals surface area (Å²) in [4.78, 5) is 13.8. The molecule has 1 spiro atoms. The maximum absolute atomic E-state index is 12.3. The van der Waals surface area contributed by atoms with Gasteiger partial charge in [0.1, 0.15) is 12.2 Å². The van der Waals surface area contributed by atoms with Crippen LogP contribution in [-0.2, 0) is 31.3 Å². The Morgan fingerprint density at radius 2 is 2.17 bits per heavy atom. The summed E-state index contributed by atoms with van der Waals surface area (Å²) in [6.07, 6.45) is 3.35. The summed E-state index contributed by atoms with van der Waals surface area (Å²) in [5, 5.41) is 4.09. The Morgan fingerprint density at radius 1 is 1.38 bits per heavy atom. The van der Waals surface area contributed by atoms with Crippen molar-refractivity contribution in [2.24, 2.45) is 7.05 Å². The zero-order valence-corrected chi connectivity index (χ0v) is 14.7. The standard InChI is InChI=1S/C14H22N4O5S/c1-3-24(20,21)17-4-5-22-11-14(9-17)10-18(13(19)8-23-14)12-6-15-16(2)7-12/h6-7H,3-5,8-11H2,1-2H3/t14-/m0/s1. The molecule has 2 fully saturated rings. The van der Waals surface area contributed by atoms with E-state index in [2.05, 4.69) is 5.10 Å². The van der Waals surface area contributed by atoms with Gasteiger partial charge in [0.25, 0.3) is 5.91 Å². The van der Waals surface area contributed by atoms with Crippen molar-refractivity contribution in [2.45, 2.75) is 12.5 Å². The van der Waals surface area contributed by atoms with Crippen LogP contribution < -0.4 is 4.90 Å². The molecule has 3 rings (SSSR count). The Morgan fingerprint density at radius 3 is 2.83 bits per heavy atom. The van der Waals surface area contributed by atoms with Gasteiger partial charge in [-0.2, -0.15) is 9.40 Å². The summed E-state index contributed by atoms with van der Waals surface area (Å²) in [7, 11) is -1.59. The number of hydrogen-bond acceptors (Lipinski definition) is 6. The molecule has 2 saturated heterocycles. The third-order valence-electron chi connectivity index (χ3n) is 4.32. The van der Waals surface area contributed by atoms with E-state index in [9.17, 15) is 13.2 Å². The fourth-order valence-corrected chi connectivity index (χ4v) is 4.12. The molecule has 10 heteroatoms. The number of sulfonamides is 1. The fraction of sp³-hybridized carbons (Fsp3) is 0.714. The molecule has 3 heterocycles. The Labute approximate surface area is 141 Å². The second kappa shape index (κ2) is 6.43. The van der Waals surface area contributed by atoms with Crippen LogP contribution in [0.15, 0.2) is 12.4 Å². The highest BCUT2D eigenvalue weighted by molar-refractivity contribution is 7.89. The van der Waals surface area contributed by atoms with Gasteiger partial charge < -0.3 is 14.4 Å². The number of ether oxygens (including phenoxy) is 2. The second-order valence-electron chi connectivity index (χ2n) is 6.11. The predicted molar refractivity (Wildman–Crippen MR) is 86.1 cm³/mol. The van der Waals surface area contributed by atoms with E-state index in [-0.39, 0.29) is 38.0 Å². The maximum Gasteiger partial charge on any atom is 0.253 e. The minimum absolute atomic E-state index is 0.0222. The van der Waals surface area contributed by atoms with Crippen LogP contribution >= 0.6 is 0 Å². The van der Waals surface area contributed by atoms with Crippen LogP contribution in [0.3, 0.4) is 0 Å². The predicted octanol–water partition coefficient (Wildman–Crippen LogP) is -0.796. The molecule has 0 aromatic carbocycles. The quantitative estimate of drug-likeness (QED) is 0.702. The Bertz CT molecular complexity index is 719. The molecule has 0 bridgehead atoms. The van der Waals surface area contributed by atoms with Gasteiger partial charge >= 0.3 is 0 Å². The molecule has 24 heavy (non-hydrogen) atoms. The molecule has 1 aromatic heterocycles. The Hall–Kier alpha value is -1.49.